The second-order valence-electron chi connectivity index (χ2n) is 5.26. The van der Waals surface area contributed by atoms with Crippen LogP contribution >= 0.6 is 0 Å². The minimum absolute atomic E-state index is 0.157. The molecule has 0 saturated heterocycles. The van der Waals surface area contributed by atoms with Gasteiger partial charge in [-0.15, -0.1) is 0 Å². The Labute approximate surface area is 133 Å². The first-order chi connectivity index (χ1) is 11.1. The number of carbonyl (C=O) groups is 1. The van der Waals surface area contributed by atoms with Gasteiger partial charge in [0.1, 0.15) is 17.3 Å². The monoisotopic (exact) mass is 309 g/mol. The van der Waals surface area contributed by atoms with Crippen molar-refractivity contribution in [3.05, 3.63) is 83.4 Å². The highest BCUT2D eigenvalue weighted by Crippen LogP contribution is 2.22. The summed E-state index contributed by atoms with van der Waals surface area (Å²) in [4.78, 5) is 12.1. The second-order valence-corrected chi connectivity index (χ2v) is 5.26. The molecule has 116 valence electrons. The molecule has 23 heavy (non-hydrogen) atoms. The highest BCUT2D eigenvalue weighted by atomic mass is 19.1. The van der Waals surface area contributed by atoms with Crippen LogP contribution in [0, 0.1) is 12.7 Å². The van der Waals surface area contributed by atoms with Crippen LogP contribution in [-0.2, 0) is 6.54 Å². The number of halogens is 1. The van der Waals surface area contributed by atoms with E-state index in [4.69, 9.17) is 4.42 Å². The summed E-state index contributed by atoms with van der Waals surface area (Å²) in [6.07, 6.45) is 0. The predicted octanol–water partition coefficient (Wildman–Crippen LogP) is 4.32. The van der Waals surface area contributed by atoms with Crippen molar-refractivity contribution in [3.63, 3.8) is 0 Å². The van der Waals surface area contributed by atoms with Crippen molar-refractivity contribution in [2.75, 3.05) is 0 Å². The molecule has 0 saturated carbocycles. The Morgan fingerprint density at radius 2 is 1.78 bits per heavy atom. The molecule has 3 rings (SSSR count). The standard InChI is InChI=1S/C19H16FNO2/c1-13-6-11-18(23-13)14-7-9-15(10-8-14)19(22)21-12-16-4-2-3-5-17(16)20/h2-11H,12H2,1H3,(H,21,22). The van der Waals surface area contributed by atoms with Crippen molar-refractivity contribution < 1.29 is 13.6 Å². The van der Waals surface area contributed by atoms with Crippen LogP contribution in [0.4, 0.5) is 4.39 Å². The summed E-state index contributed by atoms with van der Waals surface area (Å²) in [5, 5.41) is 2.72. The molecular weight excluding hydrogens is 293 g/mol. The number of hydrogen-bond donors (Lipinski definition) is 1. The molecule has 1 amide bonds. The van der Waals surface area contributed by atoms with Crippen molar-refractivity contribution in [1.82, 2.24) is 5.32 Å². The largest absolute Gasteiger partial charge is 0.461 e. The molecule has 0 bridgehead atoms. The number of benzene rings is 2. The molecular formula is C19H16FNO2. The van der Waals surface area contributed by atoms with E-state index in [0.717, 1.165) is 17.1 Å². The SMILES string of the molecule is Cc1ccc(-c2ccc(C(=O)NCc3ccccc3F)cc2)o1. The van der Waals surface area contributed by atoms with E-state index in [1.807, 2.05) is 31.2 Å². The molecule has 0 unspecified atom stereocenters. The van der Waals surface area contributed by atoms with Crippen molar-refractivity contribution >= 4 is 5.91 Å². The molecule has 2 aromatic carbocycles. The van der Waals surface area contributed by atoms with Crippen LogP contribution < -0.4 is 5.32 Å². The molecule has 0 aliphatic rings. The maximum atomic E-state index is 13.5. The number of carbonyl (C=O) groups excluding carboxylic acids is 1. The fourth-order valence-corrected chi connectivity index (χ4v) is 2.29. The summed E-state index contributed by atoms with van der Waals surface area (Å²) in [5.41, 5.74) is 1.89. The smallest absolute Gasteiger partial charge is 0.251 e. The Bertz CT molecular complexity index is 821. The van der Waals surface area contributed by atoms with E-state index < -0.39 is 0 Å². The second kappa shape index (κ2) is 6.48. The van der Waals surface area contributed by atoms with Crippen LogP contribution in [-0.4, -0.2) is 5.91 Å². The van der Waals surface area contributed by atoms with Crippen LogP contribution in [0.15, 0.2) is 65.1 Å². The van der Waals surface area contributed by atoms with E-state index in [0.29, 0.717) is 11.1 Å². The number of amides is 1. The van der Waals surface area contributed by atoms with Gasteiger partial charge >= 0.3 is 0 Å². The minimum atomic E-state index is -0.323. The van der Waals surface area contributed by atoms with Gasteiger partial charge in [0, 0.05) is 23.2 Å². The van der Waals surface area contributed by atoms with Gasteiger partial charge < -0.3 is 9.73 Å². The molecule has 0 fully saturated rings. The fourth-order valence-electron chi connectivity index (χ4n) is 2.29. The number of furan rings is 1. The lowest BCUT2D eigenvalue weighted by Gasteiger charge is -2.07. The minimum Gasteiger partial charge on any atom is -0.461 e. The Hall–Kier alpha value is -2.88. The first-order valence-corrected chi connectivity index (χ1v) is 7.32. The zero-order chi connectivity index (χ0) is 16.2. The average molecular weight is 309 g/mol. The zero-order valence-corrected chi connectivity index (χ0v) is 12.7. The van der Waals surface area contributed by atoms with Crippen molar-refractivity contribution in [2.24, 2.45) is 0 Å². The summed E-state index contributed by atoms with van der Waals surface area (Å²) in [7, 11) is 0. The summed E-state index contributed by atoms with van der Waals surface area (Å²) < 4.78 is 19.1. The molecule has 0 atom stereocenters. The van der Waals surface area contributed by atoms with Gasteiger partial charge in [-0.05, 0) is 37.3 Å². The van der Waals surface area contributed by atoms with Crippen LogP contribution in [0.2, 0.25) is 0 Å². The van der Waals surface area contributed by atoms with Crippen LogP contribution in [0.3, 0.4) is 0 Å². The number of nitrogens with one attached hydrogen (secondary N) is 1. The lowest BCUT2D eigenvalue weighted by atomic mass is 10.1. The molecule has 4 heteroatoms. The highest BCUT2D eigenvalue weighted by molar-refractivity contribution is 5.94. The van der Waals surface area contributed by atoms with E-state index >= 15 is 0 Å². The Morgan fingerprint density at radius 3 is 2.43 bits per heavy atom. The van der Waals surface area contributed by atoms with Crippen molar-refractivity contribution in [1.29, 1.82) is 0 Å². The third-order valence-electron chi connectivity index (χ3n) is 3.57. The Balaban J connectivity index is 1.67. The van der Waals surface area contributed by atoms with E-state index in [9.17, 15) is 9.18 Å². The maximum absolute atomic E-state index is 13.5. The molecule has 1 heterocycles. The predicted molar refractivity (Wildman–Crippen MR) is 86.5 cm³/mol. The summed E-state index contributed by atoms with van der Waals surface area (Å²) in [5.74, 6) is 1.04. The van der Waals surface area contributed by atoms with Crippen LogP contribution in [0.1, 0.15) is 21.7 Å². The highest BCUT2D eigenvalue weighted by Gasteiger charge is 2.08. The van der Waals surface area contributed by atoms with Gasteiger partial charge in [0.25, 0.3) is 5.91 Å². The van der Waals surface area contributed by atoms with Crippen molar-refractivity contribution in [3.8, 4) is 11.3 Å². The first-order valence-electron chi connectivity index (χ1n) is 7.32. The van der Waals surface area contributed by atoms with E-state index in [1.165, 1.54) is 6.07 Å². The number of aryl methyl sites for hydroxylation is 1. The van der Waals surface area contributed by atoms with E-state index in [-0.39, 0.29) is 18.3 Å². The number of hydrogen-bond acceptors (Lipinski definition) is 2. The molecule has 1 aromatic heterocycles. The topological polar surface area (TPSA) is 42.2 Å². The average Bonchev–Trinajstić information content (AvgIpc) is 3.00. The molecule has 1 N–H and O–H groups in total. The normalized spacial score (nSPS) is 10.5. The molecule has 0 spiro atoms. The zero-order valence-electron chi connectivity index (χ0n) is 12.7. The van der Waals surface area contributed by atoms with Gasteiger partial charge in [0.15, 0.2) is 0 Å². The lowest BCUT2D eigenvalue weighted by Crippen LogP contribution is -2.23. The molecule has 0 radical (unpaired) electrons. The fraction of sp³-hybridized carbons (Fsp3) is 0.105. The summed E-state index contributed by atoms with van der Waals surface area (Å²) in [6, 6.07) is 17.3. The van der Waals surface area contributed by atoms with Gasteiger partial charge in [-0.25, -0.2) is 4.39 Å². The Morgan fingerprint density at radius 1 is 1.04 bits per heavy atom. The summed E-state index contributed by atoms with van der Waals surface area (Å²) >= 11 is 0. The number of rotatable bonds is 4. The molecule has 3 aromatic rings. The van der Waals surface area contributed by atoms with Crippen molar-refractivity contribution in [2.45, 2.75) is 13.5 Å². The van der Waals surface area contributed by atoms with Gasteiger partial charge in [0.05, 0.1) is 0 Å². The van der Waals surface area contributed by atoms with Crippen LogP contribution in [0.25, 0.3) is 11.3 Å². The molecule has 3 nitrogen and oxygen atoms in total. The van der Waals surface area contributed by atoms with E-state index in [1.54, 1.807) is 30.3 Å². The lowest BCUT2D eigenvalue weighted by molar-refractivity contribution is 0.0950. The van der Waals surface area contributed by atoms with Gasteiger partial charge in [-0.3, -0.25) is 4.79 Å². The third-order valence-corrected chi connectivity index (χ3v) is 3.57. The maximum Gasteiger partial charge on any atom is 0.251 e. The van der Waals surface area contributed by atoms with Gasteiger partial charge in [-0.1, -0.05) is 30.3 Å². The van der Waals surface area contributed by atoms with E-state index in [2.05, 4.69) is 5.32 Å². The summed E-state index contributed by atoms with van der Waals surface area (Å²) in [6.45, 7) is 2.04. The van der Waals surface area contributed by atoms with Gasteiger partial charge in [-0.2, -0.15) is 0 Å². The quantitative estimate of drug-likeness (QED) is 0.779. The molecule has 0 aliphatic carbocycles. The van der Waals surface area contributed by atoms with Gasteiger partial charge in [0.2, 0.25) is 0 Å². The third kappa shape index (κ3) is 3.48. The van der Waals surface area contributed by atoms with Crippen LogP contribution in [0.5, 0.6) is 0 Å². The Kier molecular flexibility index (Phi) is 4.24. The molecule has 0 aliphatic heterocycles. The first kappa shape index (κ1) is 15.0.